The number of unbranched alkanes of at least 4 members (excludes halogenated alkanes) is 1. The van der Waals surface area contributed by atoms with Crippen molar-refractivity contribution in [1.29, 1.82) is 0 Å². The van der Waals surface area contributed by atoms with Crippen LogP contribution < -0.4 is 10.2 Å². The number of ether oxygens (including phenoxy) is 1. The Labute approximate surface area is 209 Å². The van der Waals surface area contributed by atoms with E-state index in [1.54, 1.807) is 0 Å². The van der Waals surface area contributed by atoms with Crippen LogP contribution in [0.15, 0.2) is 66.7 Å². The van der Waals surface area contributed by atoms with Crippen LogP contribution >= 0.6 is 0 Å². The lowest BCUT2D eigenvalue weighted by Crippen LogP contribution is -2.24. The number of hydrogen-bond donors (Lipinski definition) is 1. The highest BCUT2D eigenvalue weighted by atomic mass is 16.6. The fraction of sp³-hybridized carbons (Fsp3) is 0.333. The van der Waals surface area contributed by atoms with E-state index < -0.39 is 5.60 Å². The molecule has 35 heavy (non-hydrogen) atoms. The van der Waals surface area contributed by atoms with E-state index in [-0.39, 0.29) is 11.9 Å². The van der Waals surface area contributed by atoms with Gasteiger partial charge in [0.1, 0.15) is 5.60 Å². The first kappa shape index (κ1) is 26.0. The molecular weight excluding hydrogens is 436 g/mol. The van der Waals surface area contributed by atoms with Crippen molar-refractivity contribution in [2.24, 2.45) is 0 Å². The van der Waals surface area contributed by atoms with Gasteiger partial charge in [-0.3, -0.25) is 4.79 Å². The van der Waals surface area contributed by atoms with Crippen molar-refractivity contribution in [2.45, 2.75) is 59.5 Å². The highest BCUT2D eigenvalue weighted by Crippen LogP contribution is 2.35. The molecule has 0 saturated heterocycles. The second kappa shape index (κ2) is 11.2. The minimum atomic E-state index is -0.612. The Morgan fingerprint density at radius 3 is 2.34 bits per heavy atom. The molecule has 5 heteroatoms. The number of nitrogens with one attached hydrogen (secondary N) is 1. The van der Waals surface area contributed by atoms with Gasteiger partial charge in [-0.15, -0.1) is 0 Å². The Morgan fingerprint density at radius 2 is 1.69 bits per heavy atom. The van der Waals surface area contributed by atoms with Crippen LogP contribution in [0, 0.1) is 6.92 Å². The molecule has 3 rings (SSSR count). The number of carbonyl (C=O) groups excluding carboxylic acids is 2. The number of anilines is 3. The van der Waals surface area contributed by atoms with Crippen molar-refractivity contribution in [3.63, 3.8) is 0 Å². The molecule has 3 aromatic rings. The second-order valence-corrected chi connectivity index (χ2v) is 9.83. The Morgan fingerprint density at radius 1 is 0.971 bits per heavy atom. The van der Waals surface area contributed by atoms with Crippen LogP contribution in [-0.4, -0.2) is 24.5 Å². The number of esters is 1. The van der Waals surface area contributed by atoms with Crippen LogP contribution in [-0.2, 0) is 9.53 Å². The average Bonchev–Trinajstić information content (AvgIpc) is 2.82. The third-order valence-corrected chi connectivity index (χ3v) is 5.64. The highest BCUT2D eigenvalue weighted by Gasteiger charge is 2.23. The minimum Gasteiger partial charge on any atom is -0.456 e. The van der Waals surface area contributed by atoms with E-state index in [0.29, 0.717) is 12.0 Å². The Kier molecular flexibility index (Phi) is 8.34. The van der Waals surface area contributed by atoms with Crippen LogP contribution in [0.4, 0.5) is 17.1 Å². The molecule has 184 valence electrons. The Hall–Kier alpha value is -3.60. The average molecular weight is 473 g/mol. The van der Waals surface area contributed by atoms with Crippen molar-refractivity contribution >= 4 is 28.9 Å². The zero-order valence-corrected chi connectivity index (χ0v) is 21.6. The third-order valence-electron chi connectivity index (χ3n) is 5.64. The largest absolute Gasteiger partial charge is 0.456 e. The number of hydrogen-bond acceptors (Lipinski definition) is 4. The lowest BCUT2D eigenvalue weighted by Gasteiger charge is -2.25. The molecule has 0 bridgehead atoms. The van der Waals surface area contributed by atoms with Gasteiger partial charge in [-0.25, -0.2) is 4.79 Å². The molecule has 0 atom stereocenters. The summed E-state index contributed by atoms with van der Waals surface area (Å²) in [5.74, 6) is -0.372. The molecule has 0 aliphatic heterocycles. The van der Waals surface area contributed by atoms with Crippen LogP contribution in [0.1, 0.15) is 62.9 Å². The van der Waals surface area contributed by atoms with Crippen molar-refractivity contribution in [3.8, 4) is 11.1 Å². The normalized spacial score (nSPS) is 11.1. The maximum Gasteiger partial charge on any atom is 0.339 e. The predicted octanol–water partition coefficient (Wildman–Crippen LogP) is 7.51. The molecule has 0 aromatic heterocycles. The quantitative estimate of drug-likeness (QED) is 0.345. The first-order chi connectivity index (χ1) is 16.6. The van der Waals surface area contributed by atoms with Gasteiger partial charge >= 0.3 is 5.97 Å². The lowest BCUT2D eigenvalue weighted by molar-refractivity contribution is -0.116. The van der Waals surface area contributed by atoms with Gasteiger partial charge in [0.05, 0.1) is 16.9 Å². The van der Waals surface area contributed by atoms with Gasteiger partial charge in [-0.05, 0) is 75.1 Å². The molecule has 0 radical (unpaired) electrons. The van der Waals surface area contributed by atoms with E-state index in [4.69, 9.17) is 4.74 Å². The number of amides is 1. The molecule has 5 nitrogen and oxygen atoms in total. The summed E-state index contributed by atoms with van der Waals surface area (Å²) in [4.78, 5) is 27.7. The van der Waals surface area contributed by atoms with E-state index >= 15 is 0 Å². The summed E-state index contributed by atoms with van der Waals surface area (Å²) in [6.07, 6.45) is 2.31. The lowest BCUT2D eigenvalue weighted by atomic mass is 9.98. The first-order valence-corrected chi connectivity index (χ1v) is 12.2. The van der Waals surface area contributed by atoms with Gasteiger partial charge in [0.15, 0.2) is 0 Å². The zero-order valence-electron chi connectivity index (χ0n) is 21.6. The summed E-state index contributed by atoms with van der Waals surface area (Å²) in [5, 5.41) is 3.06. The predicted molar refractivity (Wildman–Crippen MR) is 144 cm³/mol. The number of benzene rings is 3. The summed E-state index contributed by atoms with van der Waals surface area (Å²) in [7, 11) is 1.94. The summed E-state index contributed by atoms with van der Waals surface area (Å²) >= 11 is 0. The van der Waals surface area contributed by atoms with Gasteiger partial charge in [-0.2, -0.15) is 0 Å². The smallest absolute Gasteiger partial charge is 0.339 e. The van der Waals surface area contributed by atoms with Crippen molar-refractivity contribution in [3.05, 3.63) is 77.9 Å². The standard InChI is InChI=1S/C30H36N2O3/c1-7-8-14-28(33)31-26-18-15-21(2)19-27(26)32(6)23-16-17-24(22-12-10-9-11-13-22)25(20-23)29(34)35-30(3,4)5/h9-13,15-20H,7-8,14H2,1-6H3,(H,31,33). The maximum absolute atomic E-state index is 13.2. The van der Waals surface area contributed by atoms with E-state index in [2.05, 4.69) is 12.2 Å². The van der Waals surface area contributed by atoms with Crippen LogP contribution in [0.3, 0.4) is 0 Å². The zero-order chi connectivity index (χ0) is 25.6. The molecule has 0 unspecified atom stereocenters. The molecule has 0 spiro atoms. The number of carbonyl (C=O) groups is 2. The molecule has 0 fully saturated rings. The molecular formula is C30H36N2O3. The van der Waals surface area contributed by atoms with Crippen LogP contribution in [0.5, 0.6) is 0 Å². The summed E-state index contributed by atoms with van der Waals surface area (Å²) in [6.45, 7) is 9.68. The highest BCUT2D eigenvalue weighted by molar-refractivity contribution is 6.00. The number of aryl methyl sites for hydroxylation is 1. The molecule has 0 aliphatic rings. The van der Waals surface area contributed by atoms with Crippen LogP contribution in [0.2, 0.25) is 0 Å². The molecule has 1 amide bonds. The Balaban J connectivity index is 2.04. The van der Waals surface area contributed by atoms with Crippen LogP contribution in [0.25, 0.3) is 11.1 Å². The fourth-order valence-electron chi connectivity index (χ4n) is 3.83. The summed E-state index contributed by atoms with van der Waals surface area (Å²) in [5.41, 5.74) is 5.14. The van der Waals surface area contributed by atoms with Crippen molar-refractivity contribution in [1.82, 2.24) is 0 Å². The van der Waals surface area contributed by atoms with Gasteiger partial charge in [0.2, 0.25) is 5.91 Å². The maximum atomic E-state index is 13.2. The van der Waals surface area contributed by atoms with Crippen molar-refractivity contribution < 1.29 is 14.3 Å². The molecule has 1 N–H and O–H groups in total. The summed E-state index contributed by atoms with van der Waals surface area (Å²) in [6, 6.07) is 21.6. The van der Waals surface area contributed by atoms with Gasteiger partial charge in [-0.1, -0.05) is 55.8 Å². The molecule has 0 aliphatic carbocycles. The van der Waals surface area contributed by atoms with E-state index in [9.17, 15) is 9.59 Å². The topological polar surface area (TPSA) is 58.6 Å². The monoisotopic (exact) mass is 472 g/mol. The molecule has 3 aromatic carbocycles. The van der Waals surface area contributed by atoms with E-state index in [0.717, 1.165) is 46.6 Å². The first-order valence-electron chi connectivity index (χ1n) is 12.2. The second-order valence-electron chi connectivity index (χ2n) is 9.83. The summed E-state index contributed by atoms with van der Waals surface area (Å²) < 4.78 is 5.74. The molecule has 0 saturated carbocycles. The van der Waals surface area contributed by atoms with Crippen molar-refractivity contribution in [2.75, 3.05) is 17.3 Å². The van der Waals surface area contributed by atoms with Gasteiger partial charge in [0, 0.05) is 19.2 Å². The third kappa shape index (κ3) is 6.95. The SMILES string of the molecule is CCCCC(=O)Nc1ccc(C)cc1N(C)c1ccc(-c2ccccc2)c(C(=O)OC(C)(C)C)c1. The number of rotatable bonds is 8. The Bertz CT molecular complexity index is 1180. The van der Waals surface area contributed by atoms with Gasteiger partial charge in [0.25, 0.3) is 0 Å². The number of nitrogens with zero attached hydrogens (tertiary/aromatic N) is 1. The minimum absolute atomic E-state index is 0.000720. The van der Waals surface area contributed by atoms with Gasteiger partial charge < -0.3 is 15.0 Å². The fourth-order valence-corrected chi connectivity index (χ4v) is 3.83. The van der Waals surface area contributed by atoms with E-state index in [1.807, 2.05) is 106 Å². The van der Waals surface area contributed by atoms with E-state index in [1.165, 1.54) is 0 Å². The molecule has 0 heterocycles.